The van der Waals surface area contributed by atoms with Gasteiger partial charge in [0.2, 0.25) is 12.2 Å². The molecule has 2 amide bonds. The van der Waals surface area contributed by atoms with E-state index in [1.54, 1.807) is 30.3 Å². The summed E-state index contributed by atoms with van der Waals surface area (Å²) in [6, 6.07) is 14.4. The van der Waals surface area contributed by atoms with Crippen molar-refractivity contribution >= 4 is 41.7 Å². The first-order valence-electron chi connectivity index (χ1n) is 18.6. The van der Waals surface area contributed by atoms with E-state index >= 15 is 0 Å². The molecule has 5 atom stereocenters. The lowest BCUT2D eigenvalue weighted by Crippen LogP contribution is -2.50. The van der Waals surface area contributed by atoms with Crippen LogP contribution in [0.5, 0.6) is 23.0 Å². The summed E-state index contributed by atoms with van der Waals surface area (Å²) in [6.07, 6.45) is 0.0639. The van der Waals surface area contributed by atoms with Crippen molar-refractivity contribution in [1.29, 1.82) is 0 Å². The first kappa shape index (κ1) is 45.3. The van der Waals surface area contributed by atoms with Gasteiger partial charge in [-0.15, -0.1) is 0 Å². The highest BCUT2D eigenvalue weighted by Gasteiger charge is 2.44. The van der Waals surface area contributed by atoms with Crippen molar-refractivity contribution in [2.45, 2.75) is 91.1 Å². The van der Waals surface area contributed by atoms with Crippen LogP contribution in [-0.4, -0.2) is 84.8 Å². The van der Waals surface area contributed by atoms with Crippen molar-refractivity contribution in [3.63, 3.8) is 0 Å². The number of anilines is 1. The molecule has 1 aliphatic heterocycles. The predicted molar refractivity (Wildman–Crippen MR) is 208 cm³/mol. The van der Waals surface area contributed by atoms with Crippen LogP contribution in [0, 0.1) is 11.8 Å². The average molecular weight is 793 g/mol. The number of esters is 3. The lowest BCUT2D eigenvalue weighted by molar-refractivity contribution is -0.175. The molecule has 1 saturated heterocycles. The predicted octanol–water partition coefficient (Wildman–Crippen LogP) is 5.73. The van der Waals surface area contributed by atoms with Gasteiger partial charge in [-0.05, 0) is 38.3 Å². The average Bonchev–Trinajstić information content (AvgIpc) is 3.20. The second-order valence-electron chi connectivity index (χ2n) is 13.8. The summed E-state index contributed by atoms with van der Waals surface area (Å²) in [5.41, 5.74) is 0.406. The number of aromatic hydroxyl groups is 2. The monoisotopic (exact) mass is 792 g/mol. The highest BCUT2D eigenvalue weighted by Crippen LogP contribution is 2.35. The lowest BCUT2D eigenvalue weighted by atomic mass is 9.92. The molecule has 308 valence electrons. The third-order valence-corrected chi connectivity index (χ3v) is 9.01. The molecule has 5 unspecified atom stereocenters. The number of hydrogen-bond acceptors (Lipinski definition) is 13. The molecule has 0 saturated carbocycles. The van der Waals surface area contributed by atoms with Crippen LogP contribution in [-0.2, 0) is 33.4 Å². The Labute approximate surface area is 332 Å². The number of carbonyl (C=O) groups is 6. The number of phenolic OH excluding ortho intramolecular Hbond substituents is 2. The van der Waals surface area contributed by atoms with Gasteiger partial charge in [-0.1, -0.05) is 76.4 Å². The summed E-state index contributed by atoms with van der Waals surface area (Å²) < 4.78 is 27.0. The van der Waals surface area contributed by atoms with E-state index < -0.39 is 59.8 Å². The topological polar surface area (TPSA) is 213 Å². The minimum Gasteiger partial charge on any atom is -0.507 e. The molecule has 3 aromatic carbocycles. The first-order valence-corrected chi connectivity index (χ1v) is 18.6. The summed E-state index contributed by atoms with van der Waals surface area (Å²) in [5, 5.41) is 25.1. The number of ether oxygens (including phenoxy) is 5. The van der Waals surface area contributed by atoms with Crippen molar-refractivity contribution < 1.29 is 62.7 Å². The Hall–Kier alpha value is -6.12. The second kappa shape index (κ2) is 21.8. The minimum atomic E-state index is -1.42. The zero-order chi connectivity index (χ0) is 42.2. The van der Waals surface area contributed by atoms with Gasteiger partial charge in [0.15, 0.2) is 17.9 Å². The fourth-order valence-electron chi connectivity index (χ4n) is 6.04. The number of rotatable bonds is 15. The number of cyclic esters (lactones) is 2. The number of phenols is 2. The number of hydrogen-bond donors (Lipinski definition) is 4. The maximum absolute atomic E-state index is 13.3. The number of methoxy groups -OCH3 is 2. The Balaban J connectivity index is 0.000000380. The Bertz CT molecular complexity index is 1860. The molecule has 0 aliphatic carbocycles. The largest absolute Gasteiger partial charge is 0.507 e. The standard InChI is InChI=1S/C27H38N2O9.C15H14O4/c1-6-7-8-10-19-24(38-21(31)13-15(2)3)17(5)37-27(35)22(16(4)36-26(19)34)29-25(33)18-11-9-12-20(23(18)32)28-14-30;1-18-11-8-12(16)14(13(9-11)19-2)15(17)10-6-4-3-5-7-10/h9,11-12,14-17,19,22,24,32H,6-8,10,13H2,1-5H3,(H,28,30)(H,29,33);3-9,16H,1-2H3. The van der Waals surface area contributed by atoms with E-state index in [4.69, 9.17) is 23.7 Å². The molecule has 1 aliphatic rings. The summed E-state index contributed by atoms with van der Waals surface area (Å²) in [5.74, 6) is -4.02. The summed E-state index contributed by atoms with van der Waals surface area (Å²) in [4.78, 5) is 75.1. The highest BCUT2D eigenvalue weighted by molar-refractivity contribution is 6.12. The number of benzene rings is 3. The number of unbranched alkanes of at least 4 members (excludes halogenated alkanes) is 2. The van der Waals surface area contributed by atoms with Gasteiger partial charge in [-0.25, -0.2) is 4.79 Å². The Morgan fingerprint density at radius 2 is 1.58 bits per heavy atom. The molecule has 15 heteroatoms. The molecule has 0 spiro atoms. The van der Waals surface area contributed by atoms with Gasteiger partial charge >= 0.3 is 17.9 Å². The van der Waals surface area contributed by atoms with Crippen LogP contribution in [0.4, 0.5) is 5.69 Å². The van der Waals surface area contributed by atoms with Crippen molar-refractivity contribution in [2.24, 2.45) is 11.8 Å². The molecule has 15 nitrogen and oxygen atoms in total. The van der Waals surface area contributed by atoms with Gasteiger partial charge in [-0.3, -0.25) is 24.0 Å². The van der Waals surface area contributed by atoms with Gasteiger partial charge in [0.1, 0.15) is 35.0 Å². The Morgan fingerprint density at radius 3 is 2.19 bits per heavy atom. The zero-order valence-electron chi connectivity index (χ0n) is 33.2. The Kier molecular flexibility index (Phi) is 17.3. The molecule has 1 heterocycles. The molecule has 0 bridgehead atoms. The molecule has 0 aromatic heterocycles. The smallest absolute Gasteiger partial charge is 0.332 e. The van der Waals surface area contributed by atoms with Crippen molar-refractivity contribution in [1.82, 2.24) is 5.32 Å². The van der Waals surface area contributed by atoms with Crippen LogP contribution in [0.15, 0.2) is 60.7 Å². The fraction of sp³-hybridized carbons (Fsp3) is 0.429. The highest BCUT2D eigenvalue weighted by atomic mass is 16.6. The van der Waals surface area contributed by atoms with Crippen LogP contribution < -0.4 is 20.1 Å². The quantitative estimate of drug-likeness (QED) is 0.0362. The van der Waals surface area contributed by atoms with Gasteiger partial charge < -0.3 is 44.5 Å². The third-order valence-electron chi connectivity index (χ3n) is 9.01. The van der Waals surface area contributed by atoms with E-state index in [9.17, 15) is 39.0 Å². The molecule has 4 rings (SSSR count). The zero-order valence-corrected chi connectivity index (χ0v) is 33.2. The fourth-order valence-corrected chi connectivity index (χ4v) is 6.04. The molecular formula is C42H52N2O13. The minimum absolute atomic E-state index is 0.00114. The van der Waals surface area contributed by atoms with Crippen molar-refractivity contribution in [3.05, 3.63) is 77.4 Å². The van der Waals surface area contributed by atoms with Gasteiger partial charge in [0.05, 0.1) is 31.4 Å². The van der Waals surface area contributed by atoms with Crippen LogP contribution in [0.2, 0.25) is 0 Å². The summed E-state index contributed by atoms with van der Waals surface area (Å²) in [6.45, 7) is 8.70. The van der Waals surface area contributed by atoms with E-state index in [0.717, 1.165) is 12.8 Å². The van der Waals surface area contributed by atoms with Crippen molar-refractivity contribution in [2.75, 3.05) is 19.5 Å². The van der Waals surface area contributed by atoms with E-state index in [1.165, 1.54) is 52.3 Å². The molecular weight excluding hydrogens is 740 g/mol. The van der Waals surface area contributed by atoms with E-state index in [-0.39, 0.29) is 46.4 Å². The second-order valence-corrected chi connectivity index (χ2v) is 13.8. The van der Waals surface area contributed by atoms with Gasteiger partial charge in [0.25, 0.3) is 5.91 Å². The van der Waals surface area contributed by atoms with Gasteiger partial charge in [0, 0.05) is 24.1 Å². The van der Waals surface area contributed by atoms with Crippen LogP contribution in [0.1, 0.15) is 93.0 Å². The molecule has 1 fully saturated rings. The molecule has 0 radical (unpaired) electrons. The first-order chi connectivity index (χ1) is 27.2. The Morgan fingerprint density at radius 1 is 0.895 bits per heavy atom. The third kappa shape index (κ3) is 12.4. The summed E-state index contributed by atoms with van der Waals surface area (Å²) in [7, 11) is 2.92. The SMILES string of the molecule is CCCCCC1C(=O)OC(C)C(NC(=O)c2cccc(NC=O)c2O)C(=O)OC(C)C1OC(=O)CC(C)C.COc1cc(O)c(C(=O)c2ccccc2)c(OC)c1. The maximum Gasteiger partial charge on any atom is 0.332 e. The number of para-hydroxylation sites is 1. The number of carbonyl (C=O) groups excluding carboxylic acids is 6. The van der Waals surface area contributed by atoms with E-state index in [0.29, 0.717) is 30.6 Å². The van der Waals surface area contributed by atoms with Crippen LogP contribution in [0.25, 0.3) is 0 Å². The van der Waals surface area contributed by atoms with Crippen LogP contribution in [0.3, 0.4) is 0 Å². The number of nitrogens with one attached hydrogen (secondary N) is 2. The van der Waals surface area contributed by atoms with E-state index in [1.807, 2.05) is 26.8 Å². The summed E-state index contributed by atoms with van der Waals surface area (Å²) >= 11 is 0. The number of ketones is 1. The number of amides is 2. The van der Waals surface area contributed by atoms with Crippen LogP contribution >= 0.6 is 0 Å². The molecule has 3 aromatic rings. The maximum atomic E-state index is 13.3. The molecule has 57 heavy (non-hydrogen) atoms. The molecule has 4 N–H and O–H groups in total. The normalized spacial score (nSPS) is 19.2. The van der Waals surface area contributed by atoms with Gasteiger partial charge in [-0.2, -0.15) is 0 Å². The van der Waals surface area contributed by atoms with E-state index in [2.05, 4.69) is 10.6 Å². The van der Waals surface area contributed by atoms with Crippen molar-refractivity contribution in [3.8, 4) is 23.0 Å². The lowest BCUT2D eigenvalue weighted by Gasteiger charge is -2.29.